The molecule has 0 unspecified atom stereocenters. The fourth-order valence-corrected chi connectivity index (χ4v) is 9.47. The van der Waals surface area contributed by atoms with E-state index in [4.69, 9.17) is 19.1 Å². The van der Waals surface area contributed by atoms with Crippen LogP contribution in [0.15, 0.2) is 192 Å². The summed E-state index contributed by atoms with van der Waals surface area (Å²) in [7, 11) is 0. The molecule has 2 aliphatic rings. The Balaban J connectivity index is 1.12. The molecule has 0 saturated carbocycles. The minimum atomic E-state index is -0.712. The highest BCUT2D eigenvalue weighted by Gasteiger charge is 2.51. The largest absolute Gasteiger partial charge is 0.456 e. The van der Waals surface area contributed by atoms with Crippen LogP contribution >= 0.6 is 0 Å². The van der Waals surface area contributed by atoms with Gasteiger partial charge >= 0.3 is 0 Å². The van der Waals surface area contributed by atoms with E-state index in [9.17, 15) is 5.26 Å². The summed E-state index contributed by atoms with van der Waals surface area (Å²) in [6.07, 6.45) is 0. The minimum absolute atomic E-state index is 0.612. The lowest BCUT2D eigenvalue weighted by molar-refractivity contribution is 0.438. The van der Waals surface area contributed by atoms with Gasteiger partial charge in [-0.25, -0.2) is 9.97 Å². The molecule has 10 aromatic rings. The number of nitrogens with zero attached hydrogens (tertiary/aromatic N) is 3. The third-order valence-electron chi connectivity index (χ3n) is 12.0. The standard InChI is InChI=1S/C54H31N3O2/c55-32-33-24-26-34(27-25-33)37-17-10-21-44-52(37)59-49-29-28-36(30-45(49)54(44)42-19-7-4-14-38(42)39-15-5-8-20-43(39)54)53-56-46(35-12-2-1-3-13-35)31-47(57-53)40-18-11-23-50-51(40)41-16-6-9-22-48(41)58-50/h1-31H. The number of para-hydroxylation sites is 2. The molecule has 59 heavy (non-hydrogen) atoms. The molecule has 3 heterocycles. The second-order valence-corrected chi connectivity index (χ2v) is 15.1. The van der Waals surface area contributed by atoms with Crippen LogP contribution < -0.4 is 4.74 Å². The molecule has 274 valence electrons. The Bertz CT molecular complexity index is 3330. The highest BCUT2D eigenvalue weighted by atomic mass is 16.5. The van der Waals surface area contributed by atoms with Crippen molar-refractivity contribution in [3.8, 4) is 73.7 Å². The van der Waals surface area contributed by atoms with Gasteiger partial charge in [-0.05, 0) is 76.3 Å². The topological polar surface area (TPSA) is 71.9 Å². The molecule has 0 fully saturated rings. The van der Waals surface area contributed by atoms with E-state index in [-0.39, 0.29) is 0 Å². The lowest BCUT2D eigenvalue weighted by atomic mass is 9.65. The average Bonchev–Trinajstić information content (AvgIpc) is 3.83. The quantitative estimate of drug-likeness (QED) is 0.179. The van der Waals surface area contributed by atoms with Gasteiger partial charge in [0.1, 0.15) is 22.7 Å². The molecule has 8 aromatic carbocycles. The van der Waals surface area contributed by atoms with E-state index in [1.165, 1.54) is 22.3 Å². The fraction of sp³-hybridized carbons (Fsp3) is 0.0185. The van der Waals surface area contributed by atoms with Crippen molar-refractivity contribution < 1.29 is 9.15 Å². The van der Waals surface area contributed by atoms with Gasteiger partial charge in [-0.3, -0.25) is 0 Å². The molecule has 0 N–H and O–H groups in total. The monoisotopic (exact) mass is 753 g/mol. The Labute approximate surface area is 340 Å². The minimum Gasteiger partial charge on any atom is -0.456 e. The van der Waals surface area contributed by atoms with Crippen LogP contribution in [0.3, 0.4) is 0 Å². The van der Waals surface area contributed by atoms with Gasteiger partial charge in [-0.1, -0.05) is 140 Å². The molecule has 5 heteroatoms. The Morgan fingerprint density at radius 2 is 1.08 bits per heavy atom. The zero-order valence-corrected chi connectivity index (χ0v) is 31.6. The molecule has 0 radical (unpaired) electrons. The molecule has 5 nitrogen and oxygen atoms in total. The maximum Gasteiger partial charge on any atom is 0.160 e. The zero-order valence-electron chi connectivity index (χ0n) is 31.6. The highest BCUT2D eigenvalue weighted by Crippen LogP contribution is 2.63. The van der Waals surface area contributed by atoms with Gasteiger partial charge in [0, 0.05) is 44.2 Å². The first-order valence-corrected chi connectivity index (χ1v) is 19.7. The van der Waals surface area contributed by atoms with Crippen LogP contribution in [0, 0.1) is 11.3 Å². The number of aromatic nitrogens is 2. The van der Waals surface area contributed by atoms with Gasteiger partial charge in [0.05, 0.1) is 28.4 Å². The van der Waals surface area contributed by atoms with Crippen molar-refractivity contribution >= 4 is 21.9 Å². The molecule has 0 saturated heterocycles. The first-order chi connectivity index (χ1) is 29.2. The molecule has 1 aliphatic heterocycles. The van der Waals surface area contributed by atoms with E-state index in [0.29, 0.717) is 11.4 Å². The van der Waals surface area contributed by atoms with E-state index < -0.39 is 5.41 Å². The maximum atomic E-state index is 9.56. The highest BCUT2D eigenvalue weighted by molar-refractivity contribution is 6.12. The van der Waals surface area contributed by atoms with Crippen LogP contribution in [-0.4, -0.2) is 9.97 Å². The lowest BCUT2D eigenvalue weighted by Gasteiger charge is -2.40. The van der Waals surface area contributed by atoms with Crippen LogP contribution in [0.25, 0.3) is 78.1 Å². The Morgan fingerprint density at radius 1 is 0.458 bits per heavy atom. The lowest BCUT2D eigenvalue weighted by Crippen LogP contribution is -2.32. The SMILES string of the molecule is N#Cc1ccc(-c2cccc3c2Oc2ccc(-c4nc(-c5ccccc5)cc(-c5cccc6oc7ccccc7c56)n4)cc2C32c3ccccc3-c3ccccc32)cc1. The molecular weight excluding hydrogens is 723 g/mol. The summed E-state index contributed by atoms with van der Waals surface area (Å²) in [4.78, 5) is 10.7. The van der Waals surface area contributed by atoms with Gasteiger partial charge in [-0.15, -0.1) is 0 Å². The molecule has 2 aromatic heterocycles. The summed E-state index contributed by atoms with van der Waals surface area (Å²) < 4.78 is 13.4. The first-order valence-electron chi connectivity index (χ1n) is 19.7. The van der Waals surface area contributed by atoms with Crippen molar-refractivity contribution in [3.05, 3.63) is 216 Å². The average molecular weight is 754 g/mol. The van der Waals surface area contributed by atoms with Gasteiger partial charge in [0.25, 0.3) is 0 Å². The van der Waals surface area contributed by atoms with E-state index >= 15 is 0 Å². The fourth-order valence-electron chi connectivity index (χ4n) is 9.47. The van der Waals surface area contributed by atoms with Crippen molar-refractivity contribution in [2.75, 3.05) is 0 Å². The second kappa shape index (κ2) is 12.7. The predicted molar refractivity (Wildman–Crippen MR) is 233 cm³/mol. The summed E-state index contributed by atoms with van der Waals surface area (Å²) in [5, 5.41) is 11.6. The van der Waals surface area contributed by atoms with Crippen LogP contribution in [0.1, 0.15) is 27.8 Å². The summed E-state index contributed by atoms with van der Waals surface area (Å²) in [5.74, 6) is 2.18. The Kier molecular flexibility index (Phi) is 7.14. The van der Waals surface area contributed by atoms with Crippen LogP contribution in [0.2, 0.25) is 0 Å². The number of rotatable bonds is 4. The van der Waals surface area contributed by atoms with E-state index in [0.717, 1.165) is 83.8 Å². The smallest absolute Gasteiger partial charge is 0.160 e. The van der Waals surface area contributed by atoms with Crippen molar-refractivity contribution in [3.63, 3.8) is 0 Å². The number of benzene rings is 8. The third-order valence-corrected chi connectivity index (χ3v) is 12.0. The third kappa shape index (κ3) is 4.84. The van der Waals surface area contributed by atoms with Crippen molar-refractivity contribution in [1.29, 1.82) is 5.26 Å². The Morgan fingerprint density at radius 3 is 1.88 bits per heavy atom. The van der Waals surface area contributed by atoms with Crippen LogP contribution in [0.5, 0.6) is 11.5 Å². The van der Waals surface area contributed by atoms with Gasteiger partial charge in [0.15, 0.2) is 5.82 Å². The second-order valence-electron chi connectivity index (χ2n) is 15.1. The van der Waals surface area contributed by atoms with E-state index in [1.54, 1.807) is 0 Å². The Hall–Kier alpha value is -8.07. The van der Waals surface area contributed by atoms with Gasteiger partial charge in [0.2, 0.25) is 0 Å². The number of furan rings is 1. The summed E-state index contributed by atoms with van der Waals surface area (Å²) in [6.45, 7) is 0. The van der Waals surface area contributed by atoms with Crippen molar-refractivity contribution in [2.45, 2.75) is 5.41 Å². The van der Waals surface area contributed by atoms with Crippen LogP contribution in [0.4, 0.5) is 0 Å². The molecular formula is C54H31N3O2. The van der Waals surface area contributed by atoms with Gasteiger partial charge < -0.3 is 9.15 Å². The van der Waals surface area contributed by atoms with E-state index in [1.807, 2.05) is 72.8 Å². The molecule has 0 bridgehead atoms. The molecule has 12 rings (SSSR count). The van der Waals surface area contributed by atoms with Crippen LogP contribution in [-0.2, 0) is 5.41 Å². The maximum absolute atomic E-state index is 9.56. The normalized spacial score (nSPS) is 13.0. The first kappa shape index (κ1) is 33.1. The number of fused-ring (bicyclic) bond motifs is 12. The number of hydrogen-bond acceptors (Lipinski definition) is 5. The predicted octanol–water partition coefficient (Wildman–Crippen LogP) is 13.4. The summed E-state index contributed by atoms with van der Waals surface area (Å²) in [6, 6.07) is 67.0. The van der Waals surface area contributed by atoms with Crippen molar-refractivity contribution in [2.24, 2.45) is 0 Å². The van der Waals surface area contributed by atoms with Gasteiger partial charge in [-0.2, -0.15) is 5.26 Å². The number of nitriles is 1. The molecule has 1 spiro atoms. The number of hydrogen-bond donors (Lipinski definition) is 0. The molecule has 1 aliphatic carbocycles. The van der Waals surface area contributed by atoms with E-state index in [2.05, 4.69) is 121 Å². The van der Waals surface area contributed by atoms with Crippen molar-refractivity contribution in [1.82, 2.24) is 9.97 Å². The summed E-state index contributed by atoms with van der Waals surface area (Å²) >= 11 is 0. The number of ether oxygens (including phenoxy) is 1. The zero-order chi connectivity index (χ0) is 39.1. The molecule has 0 amide bonds. The molecule has 0 atom stereocenters. The summed E-state index contributed by atoms with van der Waals surface area (Å²) in [5.41, 5.74) is 14.9.